The summed E-state index contributed by atoms with van der Waals surface area (Å²) in [5, 5.41) is 10.9. The Bertz CT molecular complexity index is 522. The Balaban J connectivity index is 2.01. The molecule has 0 aromatic carbocycles. The molecule has 2 rings (SSSR count). The van der Waals surface area contributed by atoms with Gasteiger partial charge in [0, 0.05) is 30.5 Å². The largest absolute Gasteiger partial charge is 0.370 e. The number of nitrogens with one attached hydrogen (secondary N) is 2. The molecule has 6 heteroatoms. The van der Waals surface area contributed by atoms with Crippen LogP contribution >= 0.6 is 0 Å². The van der Waals surface area contributed by atoms with Crippen molar-refractivity contribution in [2.24, 2.45) is 0 Å². The van der Waals surface area contributed by atoms with Gasteiger partial charge >= 0.3 is 0 Å². The van der Waals surface area contributed by atoms with Crippen molar-refractivity contribution >= 4 is 11.6 Å². The van der Waals surface area contributed by atoms with Crippen molar-refractivity contribution in [2.45, 2.75) is 39.8 Å². The average molecular weight is 274 g/mol. The molecule has 0 aliphatic rings. The average Bonchev–Trinajstić information content (AvgIpc) is 2.92. The quantitative estimate of drug-likeness (QED) is 0.811. The molecule has 0 saturated heterocycles. The van der Waals surface area contributed by atoms with E-state index >= 15 is 0 Å². The summed E-state index contributed by atoms with van der Waals surface area (Å²) in [7, 11) is 0. The van der Waals surface area contributed by atoms with Crippen LogP contribution in [0.4, 0.5) is 11.6 Å². The molecule has 2 heterocycles. The zero-order chi connectivity index (χ0) is 14.4. The summed E-state index contributed by atoms with van der Waals surface area (Å²) in [6, 6.07) is 2.16. The number of aromatic nitrogens is 4. The maximum Gasteiger partial charge on any atom is 0.134 e. The number of hydrogen-bond donors (Lipinski definition) is 2. The predicted octanol–water partition coefficient (Wildman–Crippen LogP) is 2.30. The number of hydrogen-bond acceptors (Lipinski definition) is 5. The van der Waals surface area contributed by atoms with Gasteiger partial charge in [-0.05, 0) is 26.3 Å². The third-order valence-electron chi connectivity index (χ3n) is 3.03. The molecule has 0 fully saturated rings. The minimum Gasteiger partial charge on any atom is -0.370 e. The van der Waals surface area contributed by atoms with Crippen molar-refractivity contribution in [1.82, 2.24) is 19.7 Å². The SMILES string of the molecule is CCCNc1ncnc(NC(C)Cn2cccn2)c1C. The molecule has 0 saturated carbocycles. The summed E-state index contributed by atoms with van der Waals surface area (Å²) < 4.78 is 1.91. The van der Waals surface area contributed by atoms with Gasteiger partial charge < -0.3 is 10.6 Å². The van der Waals surface area contributed by atoms with Gasteiger partial charge in [0.2, 0.25) is 0 Å². The van der Waals surface area contributed by atoms with Crippen LogP contribution in [-0.2, 0) is 6.54 Å². The van der Waals surface area contributed by atoms with Crippen LogP contribution in [0.5, 0.6) is 0 Å². The molecule has 0 radical (unpaired) electrons. The maximum atomic E-state index is 4.32. The van der Waals surface area contributed by atoms with Gasteiger partial charge in [0.05, 0.1) is 6.54 Å². The minimum atomic E-state index is 0.238. The van der Waals surface area contributed by atoms with E-state index in [1.54, 1.807) is 12.5 Å². The number of anilines is 2. The molecule has 0 amide bonds. The standard InChI is InChI=1S/C14H22N6/c1-4-6-15-13-12(3)14(17-10-16-13)19-11(2)9-20-8-5-7-18-20/h5,7-8,10-11H,4,6,9H2,1-3H3,(H2,15,16,17,19). The normalized spacial score (nSPS) is 12.2. The van der Waals surface area contributed by atoms with Gasteiger partial charge in [0.25, 0.3) is 0 Å². The van der Waals surface area contributed by atoms with Gasteiger partial charge in [-0.15, -0.1) is 0 Å². The molecular formula is C14H22N6. The smallest absolute Gasteiger partial charge is 0.134 e. The number of rotatable bonds is 7. The first-order chi connectivity index (χ1) is 9.70. The summed E-state index contributed by atoms with van der Waals surface area (Å²) in [5.74, 6) is 1.77. The summed E-state index contributed by atoms with van der Waals surface area (Å²) >= 11 is 0. The fourth-order valence-corrected chi connectivity index (χ4v) is 1.99. The van der Waals surface area contributed by atoms with Crippen LogP contribution in [0.2, 0.25) is 0 Å². The molecule has 2 N–H and O–H groups in total. The van der Waals surface area contributed by atoms with E-state index in [4.69, 9.17) is 0 Å². The summed E-state index contributed by atoms with van der Waals surface area (Å²) in [5.41, 5.74) is 1.05. The van der Waals surface area contributed by atoms with E-state index in [9.17, 15) is 0 Å². The summed E-state index contributed by atoms with van der Waals surface area (Å²) in [4.78, 5) is 8.60. The Morgan fingerprint density at radius 3 is 2.80 bits per heavy atom. The Labute approximate surface area is 119 Å². The van der Waals surface area contributed by atoms with Crippen molar-refractivity contribution in [1.29, 1.82) is 0 Å². The van der Waals surface area contributed by atoms with E-state index in [0.717, 1.165) is 36.7 Å². The Hall–Kier alpha value is -2.11. The van der Waals surface area contributed by atoms with E-state index in [2.05, 4.69) is 39.5 Å². The lowest BCUT2D eigenvalue weighted by Crippen LogP contribution is -2.23. The van der Waals surface area contributed by atoms with Crippen molar-refractivity contribution in [3.05, 3.63) is 30.4 Å². The monoisotopic (exact) mass is 274 g/mol. The third-order valence-corrected chi connectivity index (χ3v) is 3.03. The van der Waals surface area contributed by atoms with Crippen LogP contribution in [0.15, 0.2) is 24.8 Å². The first kappa shape index (κ1) is 14.3. The highest BCUT2D eigenvalue weighted by molar-refractivity contribution is 5.56. The highest BCUT2D eigenvalue weighted by Gasteiger charge is 2.10. The summed E-state index contributed by atoms with van der Waals surface area (Å²) in [6.45, 7) is 7.99. The molecule has 20 heavy (non-hydrogen) atoms. The zero-order valence-electron chi connectivity index (χ0n) is 12.3. The Kier molecular flexibility index (Phi) is 4.92. The van der Waals surface area contributed by atoms with Crippen LogP contribution in [0.3, 0.4) is 0 Å². The van der Waals surface area contributed by atoms with E-state index in [0.29, 0.717) is 0 Å². The first-order valence-electron chi connectivity index (χ1n) is 7.00. The minimum absolute atomic E-state index is 0.238. The van der Waals surface area contributed by atoms with E-state index in [-0.39, 0.29) is 6.04 Å². The lowest BCUT2D eigenvalue weighted by molar-refractivity contribution is 0.559. The third kappa shape index (κ3) is 3.69. The van der Waals surface area contributed by atoms with Gasteiger partial charge in [-0.1, -0.05) is 6.92 Å². The molecule has 0 aliphatic carbocycles. The Morgan fingerprint density at radius 2 is 2.10 bits per heavy atom. The second-order valence-electron chi connectivity index (χ2n) is 4.90. The van der Waals surface area contributed by atoms with Crippen molar-refractivity contribution in [3.63, 3.8) is 0 Å². The van der Waals surface area contributed by atoms with Crippen LogP contribution in [-0.4, -0.2) is 32.3 Å². The van der Waals surface area contributed by atoms with Crippen molar-refractivity contribution in [2.75, 3.05) is 17.2 Å². The second kappa shape index (κ2) is 6.88. The van der Waals surface area contributed by atoms with Gasteiger partial charge in [0.15, 0.2) is 0 Å². The topological polar surface area (TPSA) is 67.7 Å². The molecule has 0 spiro atoms. The fourth-order valence-electron chi connectivity index (χ4n) is 1.99. The maximum absolute atomic E-state index is 4.32. The first-order valence-corrected chi connectivity index (χ1v) is 7.00. The molecule has 0 bridgehead atoms. The molecule has 108 valence electrons. The molecular weight excluding hydrogens is 252 g/mol. The van der Waals surface area contributed by atoms with Gasteiger partial charge in [-0.25, -0.2) is 9.97 Å². The zero-order valence-corrected chi connectivity index (χ0v) is 12.3. The second-order valence-corrected chi connectivity index (χ2v) is 4.90. The van der Waals surface area contributed by atoms with E-state index in [1.807, 2.05) is 23.9 Å². The Morgan fingerprint density at radius 1 is 1.30 bits per heavy atom. The fraction of sp³-hybridized carbons (Fsp3) is 0.500. The van der Waals surface area contributed by atoms with Crippen LogP contribution in [0, 0.1) is 6.92 Å². The predicted molar refractivity (Wildman–Crippen MR) is 80.9 cm³/mol. The highest BCUT2D eigenvalue weighted by atomic mass is 15.3. The lowest BCUT2D eigenvalue weighted by Gasteiger charge is -2.17. The molecule has 0 aliphatic heterocycles. The molecule has 6 nitrogen and oxygen atoms in total. The van der Waals surface area contributed by atoms with E-state index < -0.39 is 0 Å². The van der Waals surface area contributed by atoms with Crippen molar-refractivity contribution < 1.29 is 0 Å². The van der Waals surface area contributed by atoms with Gasteiger partial charge in [0.1, 0.15) is 18.0 Å². The molecule has 1 atom stereocenters. The molecule has 2 aromatic rings. The van der Waals surface area contributed by atoms with Crippen LogP contribution in [0.25, 0.3) is 0 Å². The summed E-state index contributed by atoms with van der Waals surface area (Å²) in [6.07, 6.45) is 6.41. The van der Waals surface area contributed by atoms with E-state index in [1.165, 1.54) is 0 Å². The van der Waals surface area contributed by atoms with Gasteiger partial charge in [-0.3, -0.25) is 4.68 Å². The van der Waals surface area contributed by atoms with Crippen molar-refractivity contribution in [3.8, 4) is 0 Å². The lowest BCUT2D eigenvalue weighted by atomic mass is 10.2. The van der Waals surface area contributed by atoms with Crippen LogP contribution in [0.1, 0.15) is 25.8 Å². The molecule has 2 aromatic heterocycles. The molecule has 1 unspecified atom stereocenters. The highest BCUT2D eigenvalue weighted by Crippen LogP contribution is 2.19. The van der Waals surface area contributed by atoms with Crippen LogP contribution < -0.4 is 10.6 Å². The number of nitrogens with zero attached hydrogens (tertiary/aromatic N) is 4. The van der Waals surface area contributed by atoms with Gasteiger partial charge in [-0.2, -0.15) is 5.10 Å².